The lowest BCUT2D eigenvalue weighted by Crippen LogP contribution is -2.35. The number of carbonyl (C=O) groups excluding carboxylic acids is 1. The molecular weight excluding hydrogens is 355 g/mol. The third-order valence-electron chi connectivity index (χ3n) is 3.15. The molecule has 26 heavy (non-hydrogen) atoms. The summed E-state index contributed by atoms with van der Waals surface area (Å²) in [5.41, 5.74) is 1.79. The van der Waals surface area contributed by atoms with Gasteiger partial charge >= 0.3 is 18.2 Å². The predicted octanol–water partition coefficient (Wildman–Crippen LogP) is 1.76. The average molecular weight is 373 g/mol. The zero-order chi connectivity index (χ0) is 19.7. The van der Waals surface area contributed by atoms with Gasteiger partial charge in [-0.05, 0) is 19.1 Å². The standard InChI is InChI=1S/C13H17N5O.C2HF3O2/c1-10-15-8-12(18(10)2)9-17-13(19)16-7-11-5-3-4-6-14-11;3-2(4,5)1(6)7/h3-6,8H,7,9H2,1-2H3,(H2,16,17,19);(H,6,7). The van der Waals surface area contributed by atoms with Crippen molar-refractivity contribution in [2.75, 3.05) is 0 Å². The molecule has 0 aliphatic carbocycles. The lowest BCUT2D eigenvalue weighted by atomic mass is 10.3. The minimum Gasteiger partial charge on any atom is -0.475 e. The minimum atomic E-state index is -5.08. The maximum absolute atomic E-state index is 11.6. The van der Waals surface area contributed by atoms with E-state index < -0.39 is 12.1 Å². The van der Waals surface area contributed by atoms with Crippen LogP contribution in [-0.4, -0.2) is 37.8 Å². The van der Waals surface area contributed by atoms with Crippen molar-refractivity contribution in [3.63, 3.8) is 0 Å². The number of nitrogens with one attached hydrogen (secondary N) is 2. The van der Waals surface area contributed by atoms with Gasteiger partial charge in [-0.3, -0.25) is 4.98 Å². The number of amides is 2. The summed E-state index contributed by atoms with van der Waals surface area (Å²) < 4.78 is 33.7. The number of pyridine rings is 1. The number of carboxylic acid groups (broad SMARTS) is 1. The number of alkyl halides is 3. The van der Waals surface area contributed by atoms with Crippen molar-refractivity contribution in [2.24, 2.45) is 7.05 Å². The predicted molar refractivity (Wildman–Crippen MR) is 84.9 cm³/mol. The molecule has 2 aromatic heterocycles. The van der Waals surface area contributed by atoms with Gasteiger partial charge in [0.15, 0.2) is 0 Å². The number of halogens is 3. The first-order chi connectivity index (χ1) is 12.1. The zero-order valence-corrected chi connectivity index (χ0v) is 14.0. The van der Waals surface area contributed by atoms with Crippen molar-refractivity contribution < 1.29 is 27.9 Å². The van der Waals surface area contributed by atoms with E-state index in [1.165, 1.54) is 0 Å². The largest absolute Gasteiger partial charge is 0.490 e. The molecule has 0 aromatic carbocycles. The van der Waals surface area contributed by atoms with E-state index in [0.29, 0.717) is 13.1 Å². The summed E-state index contributed by atoms with van der Waals surface area (Å²) >= 11 is 0. The van der Waals surface area contributed by atoms with Crippen LogP contribution in [0.4, 0.5) is 18.0 Å². The van der Waals surface area contributed by atoms with Gasteiger partial charge < -0.3 is 20.3 Å². The fourth-order valence-electron chi connectivity index (χ4n) is 1.62. The van der Waals surface area contributed by atoms with Crippen LogP contribution in [0.15, 0.2) is 30.6 Å². The molecule has 0 atom stereocenters. The Bertz CT molecular complexity index is 732. The van der Waals surface area contributed by atoms with Crippen molar-refractivity contribution >= 4 is 12.0 Å². The second-order valence-corrected chi connectivity index (χ2v) is 5.02. The Morgan fingerprint density at radius 2 is 1.81 bits per heavy atom. The van der Waals surface area contributed by atoms with E-state index in [1.807, 2.05) is 36.7 Å². The summed E-state index contributed by atoms with van der Waals surface area (Å²) in [5.74, 6) is -1.84. The van der Waals surface area contributed by atoms with Crippen LogP contribution in [0.5, 0.6) is 0 Å². The quantitative estimate of drug-likeness (QED) is 0.757. The highest BCUT2D eigenvalue weighted by atomic mass is 19.4. The number of aromatic nitrogens is 3. The smallest absolute Gasteiger partial charge is 0.475 e. The van der Waals surface area contributed by atoms with Gasteiger partial charge in [-0.1, -0.05) is 6.07 Å². The van der Waals surface area contributed by atoms with Crippen LogP contribution in [0.25, 0.3) is 0 Å². The van der Waals surface area contributed by atoms with E-state index >= 15 is 0 Å². The average Bonchev–Trinajstić information content (AvgIpc) is 2.90. The lowest BCUT2D eigenvalue weighted by Gasteiger charge is -2.08. The van der Waals surface area contributed by atoms with Gasteiger partial charge in [0, 0.05) is 13.2 Å². The van der Waals surface area contributed by atoms with Crippen molar-refractivity contribution in [2.45, 2.75) is 26.2 Å². The summed E-state index contributed by atoms with van der Waals surface area (Å²) in [5, 5.41) is 12.7. The summed E-state index contributed by atoms with van der Waals surface area (Å²) in [6.07, 6.45) is -1.62. The van der Waals surface area contributed by atoms with Gasteiger partial charge in [0.2, 0.25) is 0 Å². The lowest BCUT2D eigenvalue weighted by molar-refractivity contribution is -0.192. The van der Waals surface area contributed by atoms with E-state index in [2.05, 4.69) is 20.6 Å². The molecule has 0 fully saturated rings. The number of hydrogen-bond donors (Lipinski definition) is 3. The molecule has 3 N–H and O–H groups in total. The van der Waals surface area contributed by atoms with Crippen LogP contribution in [0, 0.1) is 6.92 Å². The van der Waals surface area contributed by atoms with Gasteiger partial charge in [0.05, 0.1) is 30.7 Å². The highest BCUT2D eigenvalue weighted by Gasteiger charge is 2.38. The summed E-state index contributed by atoms with van der Waals surface area (Å²) in [7, 11) is 1.92. The number of imidazole rings is 1. The van der Waals surface area contributed by atoms with Crippen molar-refractivity contribution in [1.29, 1.82) is 0 Å². The third-order valence-corrected chi connectivity index (χ3v) is 3.15. The number of aryl methyl sites for hydroxylation is 1. The fraction of sp³-hybridized carbons (Fsp3) is 0.333. The van der Waals surface area contributed by atoms with Crippen LogP contribution >= 0.6 is 0 Å². The van der Waals surface area contributed by atoms with Crippen LogP contribution in [0.2, 0.25) is 0 Å². The number of carboxylic acids is 1. The minimum absolute atomic E-state index is 0.218. The molecule has 0 unspecified atom stereocenters. The van der Waals surface area contributed by atoms with Crippen LogP contribution in [0.1, 0.15) is 17.2 Å². The second kappa shape index (κ2) is 9.39. The SMILES string of the molecule is Cc1ncc(CNC(=O)NCc2ccccn2)n1C.O=C(O)C(F)(F)F. The molecule has 8 nitrogen and oxygen atoms in total. The maximum Gasteiger partial charge on any atom is 0.490 e. The number of hydrogen-bond acceptors (Lipinski definition) is 4. The van der Waals surface area contributed by atoms with Crippen molar-refractivity contribution in [1.82, 2.24) is 25.2 Å². The number of rotatable bonds is 4. The Labute approximate surface area is 147 Å². The number of urea groups is 1. The number of nitrogens with zero attached hydrogens (tertiary/aromatic N) is 3. The third kappa shape index (κ3) is 7.20. The first kappa shape index (κ1) is 20.9. The molecule has 2 heterocycles. The second-order valence-electron chi connectivity index (χ2n) is 5.02. The van der Waals surface area contributed by atoms with Crippen LogP contribution in [-0.2, 0) is 24.9 Å². The topological polar surface area (TPSA) is 109 Å². The van der Waals surface area contributed by atoms with E-state index in [-0.39, 0.29) is 6.03 Å². The van der Waals surface area contributed by atoms with Gasteiger partial charge in [0.1, 0.15) is 5.82 Å². The molecule has 0 spiro atoms. The first-order valence-electron chi connectivity index (χ1n) is 7.30. The van der Waals surface area contributed by atoms with Gasteiger partial charge in [0.25, 0.3) is 0 Å². The Kier molecular flexibility index (Phi) is 7.56. The molecule has 2 rings (SSSR count). The molecular formula is C15H18F3N5O3. The Hall–Kier alpha value is -3.11. The highest BCUT2D eigenvalue weighted by Crippen LogP contribution is 2.13. The molecule has 0 bridgehead atoms. The monoisotopic (exact) mass is 373 g/mol. The number of carbonyl (C=O) groups is 2. The van der Waals surface area contributed by atoms with E-state index in [1.54, 1.807) is 12.4 Å². The van der Waals surface area contributed by atoms with Crippen molar-refractivity contribution in [3.8, 4) is 0 Å². The molecule has 0 aliphatic heterocycles. The highest BCUT2D eigenvalue weighted by molar-refractivity contribution is 5.73. The molecule has 0 aliphatic rings. The Balaban J connectivity index is 0.000000412. The molecule has 2 aromatic rings. The Morgan fingerprint density at radius 3 is 2.27 bits per heavy atom. The molecule has 11 heteroatoms. The normalized spacial score (nSPS) is 10.5. The zero-order valence-electron chi connectivity index (χ0n) is 14.0. The summed E-state index contributed by atoms with van der Waals surface area (Å²) in [4.78, 5) is 28.8. The van der Waals surface area contributed by atoms with Crippen LogP contribution in [0.3, 0.4) is 0 Å². The van der Waals surface area contributed by atoms with E-state index in [9.17, 15) is 18.0 Å². The number of aliphatic carboxylic acids is 1. The summed E-state index contributed by atoms with van der Waals surface area (Å²) in [6.45, 7) is 2.78. The van der Waals surface area contributed by atoms with Crippen LogP contribution < -0.4 is 10.6 Å². The Morgan fingerprint density at radius 1 is 1.19 bits per heavy atom. The van der Waals surface area contributed by atoms with E-state index in [4.69, 9.17) is 9.90 Å². The van der Waals surface area contributed by atoms with Crippen molar-refractivity contribution in [3.05, 3.63) is 47.8 Å². The molecule has 0 saturated carbocycles. The van der Waals surface area contributed by atoms with E-state index in [0.717, 1.165) is 17.2 Å². The molecule has 2 amide bonds. The summed E-state index contributed by atoms with van der Waals surface area (Å²) in [6, 6.07) is 5.38. The maximum atomic E-state index is 11.6. The van der Waals surface area contributed by atoms with Gasteiger partial charge in [-0.25, -0.2) is 14.6 Å². The van der Waals surface area contributed by atoms with Gasteiger partial charge in [-0.2, -0.15) is 13.2 Å². The molecule has 0 radical (unpaired) electrons. The molecule has 142 valence electrons. The first-order valence-corrected chi connectivity index (χ1v) is 7.30. The molecule has 0 saturated heterocycles. The fourth-order valence-corrected chi connectivity index (χ4v) is 1.62. The van der Waals surface area contributed by atoms with Gasteiger partial charge in [-0.15, -0.1) is 0 Å².